The summed E-state index contributed by atoms with van der Waals surface area (Å²) in [5, 5.41) is 0. The van der Waals surface area contributed by atoms with E-state index in [1.54, 1.807) is 0 Å². The summed E-state index contributed by atoms with van der Waals surface area (Å²) in [5.74, 6) is 0.00783. The molecule has 5 atom stereocenters. The van der Waals surface area contributed by atoms with Crippen molar-refractivity contribution in [1.82, 2.24) is 0 Å². The fraction of sp³-hybridized carbons (Fsp3) is 0.938. The molecule has 0 heterocycles. The highest BCUT2D eigenvalue weighted by Crippen LogP contribution is 2.25. The van der Waals surface area contributed by atoms with Gasteiger partial charge in [0.05, 0.1) is 0 Å². The van der Waals surface area contributed by atoms with Gasteiger partial charge in [-0.15, -0.1) is 0 Å². The standard InChI is InChI=1S/C16H35N3O/c1-4-7-8-12(17)9-10-13(15(18)5-2)14(11-20)16(19)6-3/h11-16H,4-10,17-19H2,1-3H3. The summed E-state index contributed by atoms with van der Waals surface area (Å²) in [6.07, 6.45) is 7.90. The second kappa shape index (κ2) is 11.2. The lowest BCUT2D eigenvalue weighted by molar-refractivity contribution is -0.113. The van der Waals surface area contributed by atoms with E-state index in [0.717, 1.165) is 44.8 Å². The van der Waals surface area contributed by atoms with Crippen LogP contribution in [-0.2, 0) is 4.79 Å². The molecule has 0 aromatic heterocycles. The van der Waals surface area contributed by atoms with E-state index in [4.69, 9.17) is 17.2 Å². The molecule has 0 aromatic carbocycles. The molecule has 0 aliphatic carbocycles. The maximum absolute atomic E-state index is 11.4. The van der Waals surface area contributed by atoms with Crippen LogP contribution >= 0.6 is 0 Å². The van der Waals surface area contributed by atoms with Crippen LogP contribution < -0.4 is 17.2 Å². The van der Waals surface area contributed by atoms with Gasteiger partial charge >= 0.3 is 0 Å². The quantitative estimate of drug-likeness (QED) is 0.479. The van der Waals surface area contributed by atoms with Crippen molar-refractivity contribution < 1.29 is 4.79 Å². The number of rotatable bonds is 12. The van der Waals surface area contributed by atoms with Crippen molar-refractivity contribution in [2.24, 2.45) is 29.0 Å². The van der Waals surface area contributed by atoms with Crippen molar-refractivity contribution in [3.63, 3.8) is 0 Å². The first-order valence-electron chi connectivity index (χ1n) is 8.23. The normalized spacial score (nSPS) is 19.1. The van der Waals surface area contributed by atoms with Crippen LogP contribution in [0, 0.1) is 11.8 Å². The Hall–Kier alpha value is -0.450. The molecule has 120 valence electrons. The zero-order valence-electron chi connectivity index (χ0n) is 13.6. The zero-order chi connectivity index (χ0) is 15.5. The maximum atomic E-state index is 11.4. The molecule has 5 unspecified atom stereocenters. The second-order valence-corrected chi connectivity index (χ2v) is 6.00. The van der Waals surface area contributed by atoms with E-state index in [2.05, 4.69) is 13.8 Å². The number of aldehydes is 1. The van der Waals surface area contributed by atoms with Crippen LogP contribution in [0.1, 0.15) is 65.7 Å². The van der Waals surface area contributed by atoms with Gasteiger partial charge in [-0.25, -0.2) is 0 Å². The lowest BCUT2D eigenvalue weighted by atomic mass is 9.77. The van der Waals surface area contributed by atoms with Crippen molar-refractivity contribution in [1.29, 1.82) is 0 Å². The summed E-state index contributed by atoms with van der Waals surface area (Å²) in [7, 11) is 0. The first-order chi connectivity index (χ1) is 9.51. The number of hydrogen-bond acceptors (Lipinski definition) is 4. The molecule has 20 heavy (non-hydrogen) atoms. The molecule has 0 aromatic rings. The molecule has 6 N–H and O–H groups in total. The third kappa shape index (κ3) is 6.82. The van der Waals surface area contributed by atoms with Crippen LogP contribution in [0.3, 0.4) is 0 Å². The molecule has 4 nitrogen and oxygen atoms in total. The molecule has 0 aliphatic rings. The minimum Gasteiger partial charge on any atom is -0.328 e. The van der Waals surface area contributed by atoms with Gasteiger partial charge in [0, 0.05) is 24.0 Å². The molecule has 0 bridgehead atoms. The Kier molecular flexibility index (Phi) is 11.0. The summed E-state index contributed by atoms with van der Waals surface area (Å²) < 4.78 is 0. The summed E-state index contributed by atoms with van der Waals surface area (Å²) >= 11 is 0. The summed E-state index contributed by atoms with van der Waals surface area (Å²) in [5.41, 5.74) is 18.4. The first kappa shape index (κ1) is 19.6. The van der Waals surface area contributed by atoms with Crippen LogP contribution in [0.4, 0.5) is 0 Å². The van der Waals surface area contributed by atoms with Gasteiger partial charge in [-0.05, 0) is 38.0 Å². The third-order valence-corrected chi connectivity index (χ3v) is 4.44. The Bertz CT molecular complexity index is 248. The van der Waals surface area contributed by atoms with E-state index < -0.39 is 0 Å². The van der Waals surface area contributed by atoms with Gasteiger partial charge in [0.2, 0.25) is 0 Å². The SMILES string of the molecule is CCCCC(N)CCC(C(N)CC)C(C=O)C(N)CC. The molecule has 0 saturated heterocycles. The van der Waals surface area contributed by atoms with Crippen molar-refractivity contribution in [3.05, 3.63) is 0 Å². The van der Waals surface area contributed by atoms with Gasteiger partial charge in [0.25, 0.3) is 0 Å². The van der Waals surface area contributed by atoms with Crippen molar-refractivity contribution in [2.75, 3.05) is 0 Å². The smallest absolute Gasteiger partial charge is 0.124 e. The van der Waals surface area contributed by atoms with Gasteiger partial charge in [-0.2, -0.15) is 0 Å². The number of hydrogen-bond donors (Lipinski definition) is 3. The third-order valence-electron chi connectivity index (χ3n) is 4.44. The van der Waals surface area contributed by atoms with Crippen LogP contribution in [-0.4, -0.2) is 24.4 Å². The lowest BCUT2D eigenvalue weighted by Crippen LogP contribution is -2.44. The van der Waals surface area contributed by atoms with Gasteiger partial charge in [-0.3, -0.25) is 0 Å². The Morgan fingerprint density at radius 3 is 1.95 bits per heavy atom. The highest BCUT2D eigenvalue weighted by atomic mass is 16.1. The molecule has 0 amide bonds. The van der Waals surface area contributed by atoms with E-state index in [0.29, 0.717) is 0 Å². The minimum absolute atomic E-state index is 0.0289. The average molecular weight is 285 g/mol. The van der Waals surface area contributed by atoms with Crippen LogP contribution in [0.25, 0.3) is 0 Å². The largest absolute Gasteiger partial charge is 0.328 e. The Morgan fingerprint density at radius 1 is 0.900 bits per heavy atom. The van der Waals surface area contributed by atoms with E-state index in [-0.39, 0.29) is 30.0 Å². The maximum Gasteiger partial charge on any atom is 0.124 e. The van der Waals surface area contributed by atoms with Crippen molar-refractivity contribution in [3.8, 4) is 0 Å². The predicted molar refractivity (Wildman–Crippen MR) is 86.3 cm³/mol. The molecule has 0 saturated carbocycles. The summed E-state index contributed by atoms with van der Waals surface area (Å²) in [6, 6.07) is 0.148. The van der Waals surface area contributed by atoms with E-state index in [1.807, 2.05) is 6.92 Å². The van der Waals surface area contributed by atoms with Gasteiger partial charge in [-0.1, -0.05) is 33.6 Å². The Morgan fingerprint density at radius 2 is 1.50 bits per heavy atom. The fourth-order valence-corrected chi connectivity index (χ4v) is 2.80. The predicted octanol–water partition coefficient (Wildman–Crippen LogP) is 2.19. The number of carbonyl (C=O) groups is 1. The Labute approximate surface area is 124 Å². The fourth-order valence-electron chi connectivity index (χ4n) is 2.80. The van der Waals surface area contributed by atoms with Crippen LogP contribution in [0.15, 0.2) is 0 Å². The van der Waals surface area contributed by atoms with E-state index in [1.165, 1.54) is 6.42 Å². The van der Waals surface area contributed by atoms with Gasteiger partial charge in [0.15, 0.2) is 0 Å². The summed E-state index contributed by atoms with van der Waals surface area (Å²) in [4.78, 5) is 11.4. The van der Waals surface area contributed by atoms with E-state index in [9.17, 15) is 4.79 Å². The molecule has 0 rings (SSSR count). The van der Waals surface area contributed by atoms with Crippen LogP contribution in [0.5, 0.6) is 0 Å². The lowest BCUT2D eigenvalue weighted by Gasteiger charge is -2.32. The molecule has 0 spiro atoms. The zero-order valence-corrected chi connectivity index (χ0v) is 13.6. The summed E-state index contributed by atoms with van der Waals surface area (Å²) in [6.45, 7) is 6.25. The van der Waals surface area contributed by atoms with Crippen LogP contribution in [0.2, 0.25) is 0 Å². The second-order valence-electron chi connectivity index (χ2n) is 6.00. The van der Waals surface area contributed by atoms with Gasteiger partial charge in [0.1, 0.15) is 6.29 Å². The monoisotopic (exact) mass is 285 g/mol. The number of carbonyl (C=O) groups excluding carboxylic acids is 1. The van der Waals surface area contributed by atoms with Crippen molar-refractivity contribution >= 4 is 6.29 Å². The van der Waals surface area contributed by atoms with E-state index >= 15 is 0 Å². The average Bonchev–Trinajstić information content (AvgIpc) is 2.47. The van der Waals surface area contributed by atoms with Crippen molar-refractivity contribution in [2.45, 2.75) is 83.8 Å². The minimum atomic E-state index is -0.145. The topological polar surface area (TPSA) is 95.1 Å². The van der Waals surface area contributed by atoms with Gasteiger partial charge < -0.3 is 22.0 Å². The Balaban J connectivity index is 4.59. The molecule has 0 aliphatic heterocycles. The number of nitrogens with two attached hydrogens (primary N) is 3. The highest BCUT2D eigenvalue weighted by molar-refractivity contribution is 5.55. The molecule has 0 radical (unpaired) electrons. The first-order valence-corrected chi connectivity index (χ1v) is 8.23. The highest BCUT2D eigenvalue weighted by Gasteiger charge is 2.30. The molecule has 4 heteroatoms. The molecule has 0 fully saturated rings. The molecular weight excluding hydrogens is 250 g/mol. The molecular formula is C16H35N3O. The number of unbranched alkanes of at least 4 members (excludes halogenated alkanes) is 1.